The van der Waals surface area contributed by atoms with Gasteiger partial charge in [0.25, 0.3) is 5.69 Å². The predicted octanol–water partition coefficient (Wildman–Crippen LogP) is 1.74. The van der Waals surface area contributed by atoms with Crippen LogP contribution in [0.1, 0.15) is 5.56 Å². The molecule has 0 saturated heterocycles. The van der Waals surface area contributed by atoms with Crippen LogP contribution in [-0.4, -0.2) is 29.9 Å². The zero-order valence-electron chi connectivity index (χ0n) is 9.39. The third-order valence-electron chi connectivity index (χ3n) is 1.98. The number of hydrogen-bond donors (Lipinski definition) is 0. The Labute approximate surface area is 93.5 Å². The lowest BCUT2D eigenvalue weighted by Crippen LogP contribution is -2.22. The minimum absolute atomic E-state index is 0.0213. The summed E-state index contributed by atoms with van der Waals surface area (Å²) >= 11 is 0. The van der Waals surface area contributed by atoms with Crippen molar-refractivity contribution in [1.29, 1.82) is 0 Å². The number of benzene rings is 1. The van der Waals surface area contributed by atoms with E-state index >= 15 is 0 Å². The molecule has 0 heterocycles. The number of aryl methyl sites for hydroxylation is 1. The molecule has 0 bridgehead atoms. The number of nitro benzene ring substituents is 1. The van der Waals surface area contributed by atoms with Crippen LogP contribution in [0.5, 0.6) is 0 Å². The number of guanidine groups is 1. The molecule has 0 aliphatic carbocycles. The molecule has 16 heavy (non-hydrogen) atoms. The van der Waals surface area contributed by atoms with Crippen molar-refractivity contribution in [3.63, 3.8) is 0 Å². The van der Waals surface area contributed by atoms with Crippen molar-refractivity contribution in [3.05, 3.63) is 33.9 Å². The Hall–Kier alpha value is -2.11. The van der Waals surface area contributed by atoms with Crippen molar-refractivity contribution in [2.45, 2.75) is 6.92 Å². The Morgan fingerprint density at radius 3 is 2.62 bits per heavy atom. The van der Waals surface area contributed by atoms with Crippen LogP contribution in [0.25, 0.3) is 0 Å². The normalized spacial score (nSPS) is 11.3. The van der Waals surface area contributed by atoms with E-state index in [1.54, 1.807) is 33.2 Å². The fourth-order valence-electron chi connectivity index (χ4n) is 1.09. The van der Waals surface area contributed by atoms with Crippen molar-refractivity contribution < 1.29 is 4.92 Å². The Kier molecular flexibility index (Phi) is 3.44. The first-order valence-corrected chi connectivity index (χ1v) is 4.64. The summed E-state index contributed by atoms with van der Waals surface area (Å²) in [5, 5.41) is 10.8. The maximum atomic E-state index is 10.8. The van der Waals surface area contributed by atoms with E-state index in [0.717, 1.165) is 5.56 Å². The largest absolute Gasteiger partial charge is 0.347 e. The molecule has 0 aromatic heterocycles. The van der Waals surface area contributed by atoms with Crippen LogP contribution in [-0.2, 0) is 0 Å². The Balaban J connectivity index is 3.24. The van der Waals surface area contributed by atoms with Gasteiger partial charge in [-0.1, -0.05) is 6.07 Å². The number of nitrogens with one attached hydrogen (secondary N) is 1. The first kappa shape index (κ1) is 12.0. The van der Waals surface area contributed by atoms with Crippen LogP contribution < -0.4 is 5.73 Å². The zero-order valence-corrected chi connectivity index (χ0v) is 9.39. The molecule has 0 atom stereocenters. The third kappa shape index (κ3) is 2.69. The van der Waals surface area contributed by atoms with Crippen molar-refractivity contribution in [2.75, 3.05) is 14.1 Å². The summed E-state index contributed by atoms with van der Waals surface area (Å²) in [5.41, 5.74) is 8.43. The van der Waals surface area contributed by atoms with E-state index in [1.165, 1.54) is 11.0 Å². The monoisotopic (exact) mass is 221 g/mol. The molecule has 0 spiro atoms. The van der Waals surface area contributed by atoms with E-state index in [4.69, 9.17) is 5.73 Å². The van der Waals surface area contributed by atoms with Gasteiger partial charge in [0.1, 0.15) is 5.69 Å². The highest BCUT2D eigenvalue weighted by molar-refractivity contribution is 5.81. The molecule has 1 aromatic carbocycles. The van der Waals surface area contributed by atoms with Crippen molar-refractivity contribution in [3.8, 4) is 0 Å². The Morgan fingerprint density at radius 1 is 1.50 bits per heavy atom. The summed E-state index contributed by atoms with van der Waals surface area (Å²) < 4.78 is 0. The van der Waals surface area contributed by atoms with Crippen LogP contribution in [0.3, 0.4) is 0 Å². The van der Waals surface area contributed by atoms with Crippen LogP contribution in [0.4, 0.5) is 11.4 Å². The second kappa shape index (κ2) is 4.61. The summed E-state index contributed by atoms with van der Waals surface area (Å²) in [7, 11) is 3.32. The lowest BCUT2D eigenvalue weighted by molar-refractivity contribution is -0.384. The highest BCUT2D eigenvalue weighted by Gasteiger charge is 2.13. The van der Waals surface area contributed by atoms with E-state index in [0.29, 0.717) is 0 Å². The fraction of sp³-hybridized carbons (Fsp3) is 0.300. The molecule has 0 fully saturated rings. The van der Waals surface area contributed by atoms with Gasteiger partial charge in [0.15, 0.2) is 0 Å². The van der Waals surface area contributed by atoms with Crippen molar-refractivity contribution in [2.24, 2.45) is 4.99 Å². The number of rotatable bonds is 2. The SMILES string of the molecule is Cc1ccc(N=C([NH])N(C)C)c([N+](=O)[O-])c1. The summed E-state index contributed by atoms with van der Waals surface area (Å²) in [6.07, 6.45) is 0. The molecule has 0 aliphatic heterocycles. The molecule has 1 N–H and O–H groups in total. The lowest BCUT2D eigenvalue weighted by Gasteiger charge is -2.09. The van der Waals surface area contributed by atoms with Gasteiger partial charge in [-0.2, -0.15) is 0 Å². The molecule has 0 unspecified atom stereocenters. The summed E-state index contributed by atoms with van der Waals surface area (Å²) in [6, 6.07) is 4.72. The standard InChI is InChI=1S/C10H13N4O2/c1-7-4-5-8(9(6-7)14(15)16)12-10(11)13(2)3/h4-6,11H,1-3H3. The first-order chi connectivity index (χ1) is 7.41. The van der Waals surface area contributed by atoms with Gasteiger partial charge in [-0.15, -0.1) is 0 Å². The molecule has 6 nitrogen and oxygen atoms in total. The molecule has 1 rings (SSSR count). The van der Waals surface area contributed by atoms with Crippen molar-refractivity contribution >= 4 is 17.3 Å². The molecule has 0 aliphatic rings. The number of hydrogen-bond acceptors (Lipinski definition) is 3. The second-order valence-corrected chi connectivity index (χ2v) is 3.58. The molecule has 0 amide bonds. The molecule has 0 saturated carbocycles. The Morgan fingerprint density at radius 2 is 2.12 bits per heavy atom. The van der Waals surface area contributed by atoms with Crippen LogP contribution in [0.15, 0.2) is 23.2 Å². The van der Waals surface area contributed by atoms with Crippen LogP contribution in [0, 0.1) is 17.0 Å². The Bertz CT molecular complexity index is 440. The van der Waals surface area contributed by atoms with Gasteiger partial charge in [0, 0.05) is 20.2 Å². The number of nitrogens with zero attached hydrogens (tertiary/aromatic N) is 3. The van der Waals surface area contributed by atoms with Crippen LogP contribution >= 0.6 is 0 Å². The maximum Gasteiger partial charge on any atom is 0.295 e. The summed E-state index contributed by atoms with van der Waals surface area (Å²) in [5.74, 6) is -0.0213. The highest BCUT2D eigenvalue weighted by atomic mass is 16.6. The first-order valence-electron chi connectivity index (χ1n) is 4.64. The van der Waals surface area contributed by atoms with Crippen molar-refractivity contribution in [1.82, 2.24) is 10.6 Å². The van der Waals surface area contributed by atoms with E-state index in [1.807, 2.05) is 0 Å². The maximum absolute atomic E-state index is 10.8. The van der Waals surface area contributed by atoms with Gasteiger partial charge in [0.2, 0.25) is 5.96 Å². The summed E-state index contributed by atoms with van der Waals surface area (Å²) in [6.45, 7) is 1.77. The van der Waals surface area contributed by atoms with Gasteiger partial charge in [-0.05, 0) is 18.6 Å². The molecular weight excluding hydrogens is 208 g/mol. The van der Waals surface area contributed by atoms with Gasteiger partial charge < -0.3 is 4.90 Å². The van der Waals surface area contributed by atoms with Gasteiger partial charge in [-0.25, -0.2) is 4.99 Å². The van der Waals surface area contributed by atoms with E-state index < -0.39 is 4.92 Å². The molecule has 85 valence electrons. The van der Waals surface area contributed by atoms with Crippen LogP contribution in [0.2, 0.25) is 0 Å². The average molecular weight is 221 g/mol. The lowest BCUT2D eigenvalue weighted by atomic mass is 10.2. The molecule has 1 aromatic rings. The zero-order chi connectivity index (χ0) is 12.3. The highest BCUT2D eigenvalue weighted by Crippen LogP contribution is 2.28. The topological polar surface area (TPSA) is 82.5 Å². The predicted molar refractivity (Wildman–Crippen MR) is 61.7 cm³/mol. The van der Waals surface area contributed by atoms with Gasteiger partial charge in [-0.3, -0.25) is 15.8 Å². The van der Waals surface area contributed by atoms with E-state index in [-0.39, 0.29) is 17.3 Å². The minimum atomic E-state index is -0.491. The van der Waals surface area contributed by atoms with Gasteiger partial charge in [0.05, 0.1) is 4.92 Å². The number of nitro groups is 1. The fourth-order valence-corrected chi connectivity index (χ4v) is 1.09. The molecular formula is C10H13N4O2. The van der Waals surface area contributed by atoms with Gasteiger partial charge >= 0.3 is 0 Å². The average Bonchev–Trinajstić information content (AvgIpc) is 2.20. The third-order valence-corrected chi connectivity index (χ3v) is 1.98. The van der Waals surface area contributed by atoms with E-state index in [2.05, 4.69) is 4.99 Å². The van der Waals surface area contributed by atoms with E-state index in [9.17, 15) is 10.1 Å². The smallest absolute Gasteiger partial charge is 0.295 e. The molecule has 1 radical (unpaired) electrons. The second-order valence-electron chi connectivity index (χ2n) is 3.58. The quantitative estimate of drug-likeness (QED) is 0.330. The summed E-state index contributed by atoms with van der Waals surface area (Å²) in [4.78, 5) is 15.7. The number of aliphatic imine (C=N–C) groups is 1. The minimum Gasteiger partial charge on any atom is -0.347 e. The molecule has 6 heteroatoms.